The van der Waals surface area contributed by atoms with Crippen LogP contribution in [-0.2, 0) is 14.3 Å². The topological polar surface area (TPSA) is 35.5 Å². The van der Waals surface area contributed by atoms with Crippen LogP contribution < -0.4 is 0 Å². The number of aldehydes is 1. The Kier molecular flexibility index (Phi) is 7.71. The molecular formula is C11H22O3. The van der Waals surface area contributed by atoms with Gasteiger partial charge < -0.3 is 9.47 Å². The Morgan fingerprint density at radius 1 is 1.07 bits per heavy atom. The zero-order valence-electron chi connectivity index (χ0n) is 9.54. The van der Waals surface area contributed by atoms with Crippen LogP contribution in [0.3, 0.4) is 0 Å². The quantitative estimate of drug-likeness (QED) is 0.327. The number of hydrogen-bond donors (Lipinski definition) is 0. The molecule has 0 radical (unpaired) electrons. The molecule has 0 aliphatic rings. The van der Waals surface area contributed by atoms with Gasteiger partial charge >= 0.3 is 0 Å². The first kappa shape index (κ1) is 13.6. The maximum absolute atomic E-state index is 10.8. The number of carbonyl (C=O) groups excluding carboxylic acids is 1. The van der Waals surface area contributed by atoms with Gasteiger partial charge in [0.25, 0.3) is 0 Å². The first-order valence-electron chi connectivity index (χ1n) is 5.42. The van der Waals surface area contributed by atoms with E-state index in [0.29, 0.717) is 13.2 Å². The molecule has 84 valence electrons. The smallest absolute Gasteiger partial charge is 0.222 e. The van der Waals surface area contributed by atoms with Crippen LogP contribution in [0.2, 0.25) is 0 Å². The molecule has 0 unspecified atom stereocenters. The highest BCUT2D eigenvalue weighted by molar-refractivity contribution is 5.59. The summed E-state index contributed by atoms with van der Waals surface area (Å²) in [5.74, 6) is -1.04. The third-order valence-corrected chi connectivity index (χ3v) is 1.99. The number of hydrogen-bond acceptors (Lipinski definition) is 3. The Morgan fingerprint density at radius 2 is 1.50 bits per heavy atom. The molecule has 14 heavy (non-hydrogen) atoms. The Hall–Kier alpha value is -0.410. The molecule has 0 N–H and O–H groups in total. The average Bonchev–Trinajstić information content (AvgIpc) is 2.19. The Labute approximate surface area is 86.8 Å². The van der Waals surface area contributed by atoms with Gasteiger partial charge in [-0.25, -0.2) is 0 Å². The van der Waals surface area contributed by atoms with Gasteiger partial charge in [0, 0.05) is 0 Å². The van der Waals surface area contributed by atoms with Crippen molar-refractivity contribution in [1.29, 1.82) is 0 Å². The molecule has 0 aromatic carbocycles. The summed E-state index contributed by atoms with van der Waals surface area (Å²) < 4.78 is 10.8. The molecule has 0 saturated carbocycles. The first-order valence-corrected chi connectivity index (χ1v) is 5.42. The molecule has 0 amide bonds. The van der Waals surface area contributed by atoms with Crippen molar-refractivity contribution in [3.8, 4) is 0 Å². The van der Waals surface area contributed by atoms with E-state index < -0.39 is 5.79 Å². The zero-order chi connectivity index (χ0) is 10.9. The van der Waals surface area contributed by atoms with Gasteiger partial charge in [-0.2, -0.15) is 0 Å². The maximum atomic E-state index is 10.8. The van der Waals surface area contributed by atoms with E-state index in [1.165, 1.54) is 0 Å². The molecule has 0 aliphatic heterocycles. The Morgan fingerprint density at radius 3 is 1.79 bits per heavy atom. The van der Waals surface area contributed by atoms with Gasteiger partial charge in [0.05, 0.1) is 13.2 Å². The lowest BCUT2D eigenvalue weighted by Crippen LogP contribution is -2.35. The van der Waals surface area contributed by atoms with Crippen LogP contribution in [0.1, 0.15) is 46.5 Å². The highest BCUT2D eigenvalue weighted by atomic mass is 16.7. The summed E-state index contributed by atoms with van der Waals surface area (Å²) in [5, 5.41) is 0. The minimum atomic E-state index is -1.04. The van der Waals surface area contributed by atoms with Crippen molar-refractivity contribution in [3.63, 3.8) is 0 Å². The van der Waals surface area contributed by atoms with Crippen molar-refractivity contribution in [2.75, 3.05) is 13.2 Å². The molecule has 0 bridgehead atoms. The fourth-order valence-electron chi connectivity index (χ4n) is 0.948. The second-order valence-electron chi connectivity index (χ2n) is 3.54. The molecule has 0 fully saturated rings. The molecular weight excluding hydrogens is 180 g/mol. The molecule has 3 nitrogen and oxygen atoms in total. The van der Waals surface area contributed by atoms with Crippen molar-refractivity contribution in [1.82, 2.24) is 0 Å². The number of rotatable bonds is 9. The fraction of sp³-hybridized carbons (Fsp3) is 0.909. The molecule has 0 rings (SSSR count). The third kappa shape index (κ3) is 6.11. The summed E-state index contributed by atoms with van der Waals surface area (Å²) in [7, 11) is 0. The van der Waals surface area contributed by atoms with Crippen LogP contribution in [0.5, 0.6) is 0 Å². The van der Waals surface area contributed by atoms with E-state index in [1.54, 1.807) is 6.92 Å². The van der Waals surface area contributed by atoms with Gasteiger partial charge in [0.2, 0.25) is 5.79 Å². The summed E-state index contributed by atoms with van der Waals surface area (Å²) in [4.78, 5) is 10.8. The summed E-state index contributed by atoms with van der Waals surface area (Å²) >= 11 is 0. The Balaban J connectivity index is 3.73. The normalized spacial score (nSPS) is 11.6. The van der Waals surface area contributed by atoms with E-state index in [1.807, 2.05) is 0 Å². The molecule has 0 saturated heterocycles. The fourth-order valence-corrected chi connectivity index (χ4v) is 0.948. The van der Waals surface area contributed by atoms with E-state index in [-0.39, 0.29) is 0 Å². The third-order valence-electron chi connectivity index (χ3n) is 1.99. The number of unbranched alkanes of at least 4 members (excludes halogenated alkanes) is 2. The van der Waals surface area contributed by atoms with Crippen LogP contribution in [0, 0.1) is 0 Å². The molecule has 0 atom stereocenters. The van der Waals surface area contributed by atoms with E-state index in [2.05, 4.69) is 13.8 Å². The molecule has 0 spiro atoms. The van der Waals surface area contributed by atoms with Gasteiger partial charge in [-0.15, -0.1) is 0 Å². The van der Waals surface area contributed by atoms with Crippen molar-refractivity contribution >= 4 is 6.29 Å². The van der Waals surface area contributed by atoms with E-state index in [9.17, 15) is 4.79 Å². The molecule has 0 aromatic heterocycles. The highest BCUT2D eigenvalue weighted by Gasteiger charge is 2.24. The van der Waals surface area contributed by atoms with Gasteiger partial charge in [-0.3, -0.25) is 4.79 Å². The van der Waals surface area contributed by atoms with Gasteiger partial charge in [-0.1, -0.05) is 26.7 Å². The van der Waals surface area contributed by atoms with Crippen molar-refractivity contribution < 1.29 is 14.3 Å². The predicted molar refractivity (Wildman–Crippen MR) is 56.2 cm³/mol. The average molecular weight is 202 g/mol. The van der Waals surface area contributed by atoms with Crippen LogP contribution in [-0.4, -0.2) is 25.3 Å². The summed E-state index contributed by atoms with van der Waals surface area (Å²) in [6, 6.07) is 0. The summed E-state index contributed by atoms with van der Waals surface area (Å²) in [5.41, 5.74) is 0. The monoisotopic (exact) mass is 202 g/mol. The SMILES string of the molecule is CCCCOC(C)(C=O)OCCCC. The maximum Gasteiger partial charge on any atom is 0.222 e. The Bertz CT molecular complexity index is 135. The molecule has 0 heterocycles. The minimum Gasteiger partial charge on any atom is -0.344 e. The van der Waals surface area contributed by atoms with E-state index in [0.717, 1.165) is 32.0 Å². The van der Waals surface area contributed by atoms with Gasteiger partial charge in [0.15, 0.2) is 6.29 Å². The van der Waals surface area contributed by atoms with Gasteiger partial charge in [0.1, 0.15) is 0 Å². The molecule has 3 heteroatoms. The minimum absolute atomic E-state index is 0.581. The van der Waals surface area contributed by atoms with Crippen LogP contribution >= 0.6 is 0 Å². The van der Waals surface area contributed by atoms with Crippen LogP contribution in [0.15, 0.2) is 0 Å². The second kappa shape index (κ2) is 7.94. The summed E-state index contributed by atoms with van der Waals surface area (Å²) in [6.07, 6.45) is 4.77. The van der Waals surface area contributed by atoms with E-state index >= 15 is 0 Å². The second-order valence-corrected chi connectivity index (χ2v) is 3.54. The lowest BCUT2D eigenvalue weighted by Gasteiger charge is -2.23. The van der Waals surface area contributed by atoms with Crippen LogP contribution in [0.4, 0.5) is 0 Å². The summed E-state index contributed by atoms with van der Waals surface area (Å²) in [6.45, 7) is 7.00. The van der Waals surface area contributed by atoms with Crippen molar-refractivity contribution in [3.05, 3.63) is 0 Å². The highest BCUT2D eigenvalue weighted by Crippen LogP contribution is 2.11. The molecule has 0 aromatic rings. The lowest BCUT2D eigenvalue weighted by atomic mass is 10.3. The van der Waals surface area contributed by atoms with Crippen molar-refractivity contribution in [2.24, 2.45) is 0 Å². The van der Waals surface area contributed by atoms with E-state index in [4.69, 9.17) is 9.47 Å². The lowest BCUT2D eigenvalue weighted by molar-refractivity contribution is -0.210. The standard InChI is InChI=1S/C11H22O3/c1-4-6-8-13-11(3,10-12)14-9-7-5-2/h10H,4-9H2,1-3H3. The predicted octanol–water partition coefficient (Wildman–Crippen LogP) is 2.53. The first-order chi connectivity index (χ1) is 6.68. The van der Waals surface area contributed by atoms with Crippen LogP contribution in [0.25, 0.3) is 0 Å². The molecule has 0 aliphatic carbocycles. The zero-order valence-corrected chi connectivity index (χ0v) is 9.54. The number of ether oxygens (including phenoxy) is 2. The van der Waals surface area contributed by atoms with Crippen molar-refractivity contribution in [2.45, 2.75) is 52.2 Å². The number of carbonyl (C=O) groups is 1. The van der Waals surface area contributed by atoms with Gasteiger partial charge in [-0.05, 0) is 19.8 Å². The largest absolute Gasteiger partial charge is 0.344 e.